The van der Waals surface area contributed by atoms with Gasteiger partial charge < -0.3 is 5.73 Å². The van der Waals surface area contributed by atoms with Crippen molar-refractivity contribution in [1.29, 1.82) is 0 Å². The Bertz CT molecular complexity index is 652. The summed E-state index contributed by atoms with van der Waals surface area (Å²) >= 11 is 12.1. The van der Waals surface area contributed by atoms with Crippen molar-refractivity contribution in [2.24, 2.45) is 5.73 Å². The van der Waals surface area contributed by atoms with E-state index in [0.717, 1.165) is 0 Å². The summed E-state index contributed by atoms with van der Waals surface area (Å²) in [5.41, 5.74) is 6.88. The highest BCUT2D eigenvalue weighted by atomic mass is 35.5. The van der Waals surface area contributed by atoms with E-state index in [4.69, 9.17) is 28.9 Å². The van der Waals surface area contributed by atoms with Gasteiger partial charge in [0.25, 0.3) is 0 Å². The Labute approximate surface area is 114 Å². The van der Waals surface area contributed by atoms with Crippen LogP contribution in [-0.4, -0.2) is 9.78 Å². The largest absolute Gasteiger partial charge is 0.325 e. The lowest BCUT2D eigenvalue weighted by Crippen LogP contribution is -2.21. The molecule has 0 saturated carbocycles. The van der Waals surface area contributed by atoms with Gasteiger partial charge in [-0.15, -0.1) is 0 Å². The highest BCUT2D eigenvalue weighted by Gasteiger charge is 2.11. The molecular formula is C12H11Cl2N3O. The summed E-state index contributed by atoms with van der Waals surface area (Å²) in [7, 11) is 0. The second kappa shape index (κ2) is 5.10. The Morgan fingerprint density at radius 3 is 2.78 bits per heavy atom. The molecule has 0 amide bonds. The van der Waals surface area contributed by atoms with Crippen LogP contribution in [0.1, 0.15) is 11.4 Å². The Morgan fingerprint density at radius 2 is 2.11 bits per heavy atom. The van der Waals surface area contributed by atoms with Crippen molar-refractivity contribution in [3.63, 3.8) is 0 Å². The molecule has 0 unspecified atom stereocenters. The van der Waals surface area contributed by atoms with E-state index in [-0.39, 0.29) is 17.7 Å². The van der Waals surface area contributed by atoms with Crippen LogP contribution in [0.3, 0.4) is 0 Å². The number of hydrogen-bond acceptors (Lipinski definition) is 3. The third kappa shape index (κ3) is 2.27. The van der Waals surface area contributed by atoms with Gasteiger partial charge in [-0.3, -0.25) is 4.79 Å². The molecule has 1 aromatic carbocycles. The molecule has 2 N–H and O–H groups in total. The number of nitrogens with zero attached hydrogens (tertiary/aromatic N) is 2. The molecule has 0 aliphatic heterocycles. The number of benzene rings is 1. The molecule has 2 rings (SSSR count). The normalized spacial score (nSPS) is 10.7. The van der Waals surface area contributed by atoms with Gasteiger partial charge in [0.05, 0.1) is 15.7 Å². The topological polar surface area (TPSA) is 60.9 Å². The van der Waals surface area contributed by atoms with Gasteiger partial charge in [-0.1, -0.05) is 29.3 Å². The van der Waals surface area contributed by atoms with E-state index in [1.807, 2.05) is 0 Å². The van der Waals surface area contributed by atoms with Crippen molar-refractivity contribution in [2.45, 2.75) is 13.5 Å². The summed E-state index contributed by atoms with van der Waals surface area (Å²) in [5.74, 6) is 0. The third-order valence-electron chi connectivity index (χ3n) is 2.53. The van der Waals surface area contributed by atoms with Crippen LogP contribution in [0.15, 0.2) is 29.1 Å². The van der Waals surface area contributed by atoms with Crippen LogP contribution < -0.4 is 11.2 Å². The second-order valence-electron chi connectivity index (χ2n) is 3.79. The van der Waals surface area contributed by atoms with E-state index in [2.05, 4.69) is 5.10 Å². The van der Waals surface area contributed by atoms with E-state index in [0.29, 0.717) is 21.4 Å². The molecule has 4 nitrogen and oxygen atoms in total. The zero-order valence-electron chi connectivity index (χ0n) is 9.65. The average Bonchev–Trinajstić information content (AvgIpc) is 2.34. The van der Waals surface area contributed by atoms with Crippen molar-refractivity contribution >= 4 is 23.2 Å². The molecule has 0 aliphatic carbocycles. The molecular weight excluding hydrogens is 273 g/mol. The standard InChI is InChI=1S/C12H11Cl2N3O/c1-7-5-11(18)9(6-15)16-17(7)10-4-2-3-8(13)12(10)14/h2-5H,6,15H2,1H3. The van der Waals surface area contributed by atoms with Crippen LogP contribution in [0.4, 0.5) is 0 Å². The SMILES string of the molecule is Cc1cc(=O)c(CN)nn1-c1cccc(Cl)c1Cl. The number of hydrogen-bond donors (Lipinski definition) is 1. The van der Waals surface area contributed by atoms with Crippen molar-refractivity contribution in [2.75, 3.05) is 0 Å². The molecule has 2 aromatic rings. The maximum atomic E-state index is 11.6. The lowest BCUT2D eigenvalue weighted by atomic mass is 10.3. The molecule has 0 bridgehead atoms. The van der Waals surface area contributed by atoms with E-state index in [1.165, 1.54) is 6.07 Å². The summed E-state index contributed by atoms with van der Waals surface area (Å²) in [5, 5.41) is 5.02. The number of nitrogens with two attached hydrogens (primary N) is 1. The van der Waals surface area contributed by atoms with Crippen LogP contribution in [0.2, 0.25) is 10.0 Å². The van der Waals surface area contributed by atoms with Gasteiger partial charge in [0.15, 0.2) is 0 Å². The Morgan fingerprint density at radius 1 is 1.39 bits per heavy atom. The Balaban J connectivity index is 2.71. The maximum absolute atomic E-state index is 11.6. The highest BCUT2D eigenvalue weighted by Crippen LogP contribution is 2.28. The van der Waals surface area contributed by atoms with Crippen LogP contribution in [0.25, 0.3) is 5.69 Å². The van der Waals surface area contributed by atoms with Gasteiger partial charge in [-0.25, -0.2) is 4.68 Å². The lowest BCUT2D eigenvalue weighted by Gasteiger charge is -2.12. The van der Waals surface area contributed by atoms with E-state index < -0.39 is 0 Å². The molecule has 18 heavy (non-hydrogen) atoms. The van der Waals surface area contributed by atoms with Gasteiger partial charge in [0.2, 0.25) is 5.43 Å². The molecule has 1 heterocycles. The zero-order valence-corrected chi connectivity index (χ0v) is 11.2. The molecule has 6 heteroatoms. The Kier molecular flexibility index (Phi) is 3.71. The summed E-state index contributed by atoms with van der Waals surface area (Å²) in [6.45, 7) is 1.85. The summed E-state index contributed by atoms with van der Waals surface area (Å²) < 4.78 is 1.57. The summed E-state index contributed by atoms with van der Waals surface area (Å²) in [6, 6.07) is 6.71. The van der Waals surface area contributed by atoms with Gasteiger partial charge in [-0.05, 0) is 19.1 Å². The minimum absolute atomic E-state index is 0.0807. The van der Waals surface area contributed by atoms with Crippen molar-refractivity contribution in [3.8, 4) is 5.69 Å². The Hall–Kier alpha value is -1.36. The molecule has 94 valence electrons. The van der Waals surface area contributed by atoms with Crippen molar-refractivity contribution < 1.29 is 0 Å². The van der Waals surface area contributed by atoms with Crippen LogP contribution >= 0.6 is 23.2 Å². The van der Waals surface area contributed by atoms with Crippen molar-refractivity contribution in [3.05, 3.63) is 55.9 Å². The predicted octanol–water partition coefficient (Wildman–Crippen LogP) is 2.31. The quantitative estimate of drug-likeness (QED) is 0.920. The van der Waals surface area contributed by atoms with Crippen LogP contribution in [-0.2, 0) is 6.54 Å². The monoisotopic (exact) mass is 283 g/mol. The minimum atomic E-state index is -0.176. The highest BCUT2D eigenvalue weighted by molar-refractivity contribution is 6.43. The zero-order chi connectivity index (χ0) is 13.3. The predicted molar refractivity (Wildman–Crippen MR) is 72.5 cm³/mol. The third-order valence-corrected chi connectivity index (χ3v) is 3.34. The van der Waals surface area contributed by atoms with Gasteiger partial charge in [0.1, 0.15) is 5.69 Å². The summed E-state index contributed by atoms with van der Waals surface area (Å²) in [4.78, 5) is 11.6. The first-order valence-electron chi connectivity index (χ1n) is 5.29. The molecule has 0 atom stereocenters. The van der Waals surface area contributed by atoms with Gasteiger partial charge >= 0.3 is 0 Å². The molecule has 0 aliphatic rings. The molecule has 0 radical (unpaired) electrons. The molecule has 1 aromatic heterocycles. The smallest absolute Gasteiger partial charge is 0.204 e. The first-order chi connectivity index (χ1) is 8.54. The number of aryl methyl sites for hydroxylation is 1. The van der Waals surface area contributed by atoms with E-state index >= 15 is 0 Å². The van der Waals surface area contributed by atoms with Crippen LogP contribution in [0.5, 0.6) is 0 Å². The fraction of sp³-hybridized carbons (Fsp3) is 0.167. The average molecular weight is 284 g/mol. The van der Waals surface area contributed by atoms with Gasteiger partial charge in [-0.2, -0.15) is 5.10 Å². The molecule has 0 spiro atoms. The first kappa shape index (κ1) is 13.1. The second-order valence-corrected chi connectivity index (χ2v) is 4.57. The van der Waals surface area contributed by atoms with Gasteiger partial charge in [0, 0.05) is 18.3 Å². The lowest BCUT2D eigenvalue weighted by molar-refractivity contribution is 0.751. The first-order valence-corrected chi connectivity index (χ1v) is 6.04. The van der Waals surface area contributed by atoms with Crippen LogP contribution in [0, 0.1) is 6.92 Å². The van der Waals surface area contributed by atoms with E-state index in [1.54, 1.807) is 29.8 Å². The van der Waals surface area contributed by atoms with Crippen molar-refractivity contribution in [1.82, 2.24) is 9.78 Å². The number of rotatable bonds is 2. The fourth-order valence-electron chi connectivity index (χ4n) is 1.62. The number of aromatic nitrogens is 2. The molecule has 0 fully saturated rings. The fourth-order valence-corrected chi connectivity index (χ4v) is 2.00. The maximum Gasteiger partial charge on any atom is 0.204 e. The minimum Gasteiger partial charge on any atom is -0.325 e. The van der Waals surface area contributed by atoms with E-state index in [9.17, 15) is 4.79 Å². The summed E-state index contributed by atoms with van der Waals surface area (Å²) in [6.07, 6.45) is 0. The molecule has 0 saturated heterocycles. The number of halogens is 2.